The van der Waals surface area contributed by atoms with E-state index in [1.54, 1.807) is 36.7 Å². The Balaban J connectivity index is 1.97. The third-order valence-corrected chi connectivity index (χ3v) is 2.80. The van der Waals surface area contributed by atoms with Crippen molar-refractivity contribution in [3.63, 3.8) is 0 Å². The molecule has 20 heavy (non-hydrogen) atoms. The maximum Gasteiger partial charge on any atom is 0.319 e. The van der Waals surface area contributed by atoms with Gasteiger partial charge < -0.3 is 10.6 Å². The number of benzene rings is 1. The lowest BCUT2D eigenvalue weighted by Gasteiger charge is -2.14. The Labute approximate surface area is 117 Å². The van der Waals surface area contributed by atoms with E-state index in [1.807, 2.05) is 25.1 Å². The molecule has 1 aromatic carbocycles. The molecular weight excluding hydrogens is 252 g/mol. The second-order valence-electron chi connectivity index (χ2n) is 4.29. The molecule has 1 aromatic heterocycles. The van der Waals surface area contributed by atoms with Crippen molar-refractivity contribution in [1.82, 2.24) is 10.3 Å². The molecule has 5 heteroatoms. The van der Waals surface area contributed by atoms with E-state index in [0.29, 0.717) is 11.3 Å². The van der Waals surface area contributed by atoms with Crippen LogP contribution in [0.2, 0.25) is 0 Å². The molecule has 0 radical (unpaired) electrons. The summed E-state index contributed by atoms with van der Waals surface area (Å²) in [5, 5.41) is 14.3. The smallest absolute Gasteiger partial charge is 0.319 e. The van der Waals surface area contributed by atoms with Gasteiger partial charge >= 0.3 is 6.03 Å². The van der Waals surface area contributed by atoms with Crippen LogP contribution < -0.4 is 10.6 Å². The van der Waals surface area contributed by atoms with E-state index in [1.165, 1.54) is 0 Å². The number of carbonyl (C=O) groups is 1. The van der Waals surface area contributed by atoms with Gasteiger partial charge in [-0.1, -0.05) is 6.07 Å². The number of hydrogen-bond acceptors (Lipinski definition) is 3. The number of pyridine rings is 1. The van der Waals surface area contributed by atoms with Gasteiger partial charge in [-0.2, -0.15) is 5.26 Å². The Morgan fingerprint density at radius 3 is 2.75 bits per heavy atom. The van der Waals surface area contributed by atoms with Crippen molar-refractivity contribution in [2.75, 3.05) is 5.32 Å². The van der Waals surface area contributed by atoms with E-state index in [-0.39, 0.29) is 12.1 Å². The fraction of sp³-hybridized carbons (Fsp3) is 0.133. The van der Waals surface area contributed by atoms with Crippen LogP contribution in [0, 0.1) is 11.3 Å². The van der Waals surface area contributed by atoms with E-state index >= 15 is 0 Å². The van der Waals surface area contributed by atoms with Gasteiger partial charge in [-0.15, -0.1) is 0 Å². The molecule has 2 amide bonds. The maximum absolute atomic E-state index is 11.9. The fourth-order valence-corrected chi connectivity index (χ4v) is 1.77. The average Bonchev–Trinajstić information content (AvgIpc) is 2.48. The molecule has 0 fully saturated rings. The molecule has 2 N–H and O–H groups in total. The number of carbonyl (C=O) groups excluding carboxylic acids is 1. The first-order valence-corrected chi connectivity index (χ1v) is 6.16. The molecular formula is C15H14N4O. The normalized spacial score (nSPS) is 11.2. The third-order valence-electron chi connectivity index (χ3n) is 2.80. The van der Waals surface area contributed by atoms with E-state index in [4.69, 9.17) is 5.26 Å². The summed E-state index contributed by atoms with van der Waals surface area (Å²) in [4.78, 5) is 15.8. The number of urea groups is 1. The van der Waals surface area contributed by atoms with Gasteiger partial charge in [-0.05, 0) is 42.8 Å². The number of nitrogens with zero attached hydrogens (tertiary/aromatic N) is 2. The van der Waals surface area contributed by atoms with Crippen LogP contribution in [-0.4, -0.2) is 11.0 Å². The number of rotatable bonds is 3. The van der Waals surface area contributed by atoms with Crippen LogP contribution in [0.25, 0.3) is 0 Å². The largest absolute Gasteiger partial charge is 0.331 e. The first-order valence-electron chi connectivity index (χ1n) is 6.16. The summed E-state index contributed by atoms with van der Waals surface area (Å²) >= 11 is 0. The molecule has 1 unspecified atom stereocenters. The van der Waals surface area contributed by atoms with E-state index in [0.717, 1.165) is 5.56 Å². The number of anilines is 1. The Morgan fingerprint density at radius 2 is 2.05 bits per heavy atom. The highest BCUT2D eigenvalue weighted by Crippen LogP contribution is 2.12. The second-order valence-corrected chi connectivity index (χ2v) is 4.29. The topological polar surface area (TPSA) is 77.8 Å². The van der Waals surface area contributed by atoms with Crippen LogP contribution in [0.1, 0.15) is 24.1 Å². The summed E-state index contributed by atoms with van der Waals surface area (Å²) in [6.07, 6.45) is 3.36. The van der Waals surface area contributed by atoms with Crippen molar-refractivity contribution in [2.45, 2.75) is 13.0 Å². The zero-order valence-corrected chi connectivity index (χ0v) is 11.0. The number of amides is 2. The Kier molecular flexibility index (Phi) is 4.30. The van der Waals surface area contributed by atoms with Crippen LogP contribution in [0.4, 0.5) is 10.5 Å². The van der Waals surface area contributed by atoms with Gasteiger partial charge in [0, 0.05) is 18.1 Å². The highest BCUT2D eigenvalue weighted by Gasteiger charge is 2.09. The molecule has 0 aliphatic carbocycles. The van der Waals surface area contributed by atoms with Gasteiger partial charge in [0.1, 0.15) is 0 Å². The van der Waals surface area contributed by atoms with Crippen molar-refractivity contribution < 1.29 is 4.79 Å². The van der Waals surface area contributed by atoms with Crippen molar-refractivity contribution in [3.8, 4) is 6.07 Å². The minimum absolute atomic E-state index is 0.128. The zero-order chi connectivity index (χ0) is 14.4. The summed E-state index contributed by atoms with van der Waals surface area (Å²) in [5.41, 5.74) is 2.06. The number of aromatic nitrogens is 1. The van der Waals surface area contributed by atoms with Gasteiger partial charge in [-0.3, -0.25) is 4.98 Å². The Morgan fingerprint density at radius 1 is 1.30 bits per heavy atom. The number of nitrogens with one attached hydrogen (secondary N) is 2. The maximum atomic E-state index is 11.9. The molecule has 1 heterocycles. The van der Waals surface area contributed by atoms with Gasteiger partial charge in [0.25, 0.3) is 0 Å². The third kappa shape index (κ3) is 3.56. The minimum atomic E-state index is -0.315. The van der Waals surface area contributed by atoms with Gasteiger partial charge in [-0.25, -0.2) is 4.79 Å². The highest BCUT2D eigenvalue weighted by molar-refractivity contribution is 5.89. The van der Waals surface area contributed by atoms with Gasteiger partial charge in [0.15, 0.2) is 0 Å². The Hall–Kier alpha value is -2.87. The lowest BCUT2D eigenvalue weighted by atomic mass is 10.1. The molecule has 0 saturated heterocycles. The molecule has 2 aromatic rings. The predicted octanol–water partition coefficient (Wildman–Crippen LogP) is 2.84. The van der Waals surface area contributed by atoms with Crippen molar-refractivity contribution in [1.29, 1.82) is 5.26 Å². The average molecular weight is 266 g/mol. The molecule has 0 bridgehead atoms. The van der Waals surface area contributed by atoms with Crippen LogP contribution in [-0.2, 0) is 0 Å². The second kappa shape index (κ2) is 6.34. The SMILES string of the molecule is CC(NC(=O)Nc1cccc(C#N)c1)c1ccncc1. The van der Waals surface area contributed by atoms with Crippen LogP contribution in [0.15, 0.2) is 48.8 Å². The molecule has 1 atom stereocenters. The summed E-state index contributed by atoms with van der Waals surface area (Å²) in [5.74, 6) is 0. The van der Waals surface area contributed by atoms with Crippen LogP contribution >= 0.6 is 0 Å². The molecule has 0 spiro atoms. The van der Waals surface area contributed by atoms with Crippen molar-refractivity contribution in [3.05, 3.63) is 59.9 Å². The first-order chi connectivity index (χ1) is 9.69. The number of hydrogen-bond donors (Lipinski definition) is 2. The van der Waals surface area contributed by atoms with E-state index in [2.05, 4.69) is 15.6 Å². The molecule has 5 nitrogen and oxygen atoms in total. The summed E-state index contributed by atoms with van der Waals surface area (Å²) < 4.78 is 0. The summed E-state index contributed by atoms with van der Waals surface area (Å²) in [6.45, 7) is 1.89. The molecule has 0 aliphatic heterocycles. The first kappa shape index (κ1) is 13.6. The highest BCUT2D eigenvalue weighted by atomic mass is 16.2. The quantitative estimate of drug-likeness (QED) is 0.896. The van der Waals surface area contributed by atoms with Crippen LogP contribution in [0.3, 0.4) is 0 Å². The fourth-order valence-electron chi connectivity index (χ4n) is 1.77. The monoisotopic (exact) mass is 266 g/mol. The van der Waals surface area contributed by atoms with E-state index in [9.17, 15) is 4.79 Å². The van der Waals surface area contributed by atoms with Crippen molar-refractivity contribution in [2.24, 2.45) is 0 Å². The summed E-state index contributed by atoms with van der Waals surface area (Å²) in [6, 6.07) is 12.0. The summed E-state index contributed by atoms with van der Waals surface area (Å²) in [7, 11) is 0. The standard InChI is InChI=1S/C15H14N4O/c1-11(13-5-7-17-8-6-13)18-15(20)19-14-4-2-3-12(9-14)10-16/h2-9,11H,1H3,(H2,18,19,20). The molecule has 0 saturated carbocycles. The zero-order valence-electron chi connectivity index (χ0n) is 11.0. The lowest BCUT2D eigenvalue weighted by Crippen LogP contribution is -2.31. The molecule has 2 rings (SSSR count). The molecule has 100 valence electrons. The lowest BCUT2D eigenvalue weighted by molar-refractivity contribution is 0.249. The van der Waals surface area contributed by atoms with Gasteiger partial charge in [0.05, 0.1) is 17.7 Å². The molecule has 0 aliphatic rings. The van der Waals surface area contributed by atoms with E-state index < -0.39 is 0 Å². The van der Waals surface area contributed by atoms with Crippen LogP contribution in [0.5, 0.6) is 0 Å². The minimum Gasteiger partial charge on any atom is -0.331 e. The van der Waals surface area contributed by atoms with Crippen molar-refractivity contribution >= 4 is 11.7 Å². The predicted molar refractivity (Wildman–Crippen MR) is 76.0 cm³/mol. The number of nitriles is 1. The Bertz CT molecular complexity index is 634. The van der Waals surface area contributed by atoms with Gasteiger partial charge in [0.2, 0.25) is 0 Å².